The summed E-state index contributed by atoms with van der Waals surface area (Å²) in [4.78, 5) is 11.3. The maximum atomic E-state index is 11.3. The van der Waals surface area contributed by atoms with Crippen LogP contribution in [0.4, 0.5) is 0 Å². The van der Waals surface area contributed by atoms with Gasteiger partial charge in [-0.15, -0.1) is 0 Å². The van der Waals surface area contributed by atoms with Crippen molar-refractivity contribution in [3.05, 3.63) is 0 Å². The third kappa shape index (κ3) is 4.27. The van der Waals surface area contributed by atoms with E-state index in [4.69, 9.17) is 4.74 Å². The van der Waals surface area contributed by atoms with E-state index in [0.717, 1.165) is 0 Å². The van der Waals surface area contributed by atoms with Gasteiger partial charge in [0.25, 0.3) is 0 Å². The Labute approximate surface area is 91.6 Å². The molecule has 1 unspecified atom stereocenters. The lowest BCUT2D eigenvalue weighted by Gasteiger charge is -2.27. The summed E-state index contributed by atoms with van der Waals surface area (Å²) in [5.41, 5.74) is 0. The number of carbonyl (C=O) groups is 1. The highest BCUT2D eigenvalue weighted by molar-refractivity contribution is 7.74. The molecule has 1 rings (SSSR count). The largest absolute Gasteiger partial charge is 0.750 e. The normalized spacial score (nSPS) is 28.4. The number of esters is 1. The second-order valence-electron chi connectivity index (χ2n) is 3.53. The lowest BCUT2D eigenvalue weighted by atomic mass is 9.87. The second-order valence-corrected chi connectivity index (χ2v) is 4.13. The van der Waals surface area contributed by atoms with Crippen molar-refractivity contribution in [3.63, 3.8) is 0 Å². The molecule has 0 bridgehead atoms. The number of rotatable bonds is 4. The first-order chi connectivity index (χ1) is 7.13. The molecule has 5 nitrogen and oxygen atoms in total. The molecule has 0 N–H and O–H groups in total. The van der Waals surface area contributed by atoms with Crippen molar-refractivity contribution in [2.45, 2.75) is 38.7 Å². The van der Waals surface area contributed by atoms with E-state index in [1.807, 2.05) is 0 Å². The zero-order valence-electron chi connectivity index (χ0n) is 8.64. The molecule has 1 fully saturated rings. The zero-order chi connectivity index (χ0) is 11.3. The summed E-state index contributed by atoms with van der Waals surface area (Å²) in [6, 6.07) is 0. The summed E-state index contributed by atoms with van der Waals surface area (Å²) in [6.07, 6.45) is 2.20. The van der Waals surface area contributed by atoms with E-state index in [1.54, 1.807) is 6.92 Å². The zero-order valence-corrected chi connectivity index (χ0v) is 9.46. The van der Waals surface area contributed by atoms with Crippen molar-refractivity contribution < 1.29 is 22.5 Å². The van der Waals surface area contributed by atoms with E-state index < -0.39 is 11.4 Å². The molecule has 0 saturated heterocycles. The highest BCUT2D eigenvalue weighted by Gasteiger charge is 2.27. The van der Waals surface area contributed by atoms with Gasteiger partial charge in [-0.3, -0.25) is 8.98 Å². The van der Waals surface area contributed by atoms with E-state index >= 15 is 0 Å². The number of hydrogen-bond acceptors (Lipinski definition) is 5. The van der Waals surface area contributed by atoms with Gasteiger partial charge in [-0.05, 0) is 32.6 Å². The highest BCUT2D eigenvalue weighted by Crippen LogP contribution is 2.27. The third-order valence-corrected chi connectivity index (χ3v) is 2.94. The number of carbonyl (C=O) groups excluding carboxylic acids is 1. The first kappa shape index (κ1) is 12.6. The van der Waals surface area contributed by atoms with Crippen molar-refractivity contribution in [1.29, 1.82) is 0 Å². The van der Waals surface area contributed by atoms with Crippen molar-refractivity contribution in [1.82, 2.24) is 0 Å². The van der Waals surface area contributed by atoms with Crippen molar-refractivity contribution in [2.75, 3.05) is 6.61 Å². The summed E-state index contributed by atoms with van der Waals surface area (Å²) in [6.45, 7) is 2.16. The van der Waals surface area contributed by atoms with Gasteiger partial charge in [0.15, 0.2) is 0 Å². The van der Waals surface area contributed by atoms with Gasteiger partial charge in [-0.25, -0.2) is 4.21 Å². The van der Waals surface area contributed by atoms with Crippen LogP contribution in [0.15, 0.2) is 0 Å². The van der Waals surface area contributed by atoms with Gasteiger partial charge in [0.05, 0.1) is 30.0 Å². The van der Waals surface area contributed by atoms with Gasteiger partial charge in [0.2, 0.25) is 0 Å². The lowest BCUT2D eigenvalue weighted by Crippen LogP contribution is -2.27. The average Bonchev–Trinajstić information content (AvgIpc) is 2.18. The van der Waals surface area contributed by atoms with Crippen LogP contribution >= 0.6 is 0 Å². The van der Waals surface area contributed by atoms with Crippen molar-refractivity contribution >= 4 is 17.3 Å². The molecule has 0 aromatic heterocycles. The minimum Gasteiger partial charge on any atom is -0.750 e. The predicted octanol–water partition coefficient (Wildman–Crippen LogP) is 0.919. The van der Waals surface area contributed by atoms with Crippen molar-refractivity contribution in [2.24, 2.45) is 5.92 Å². The molecule has 0 aliphatic heterocycles. The summed E-state index contributed by atoms with van der Waals surface area (Å²) in [7, 11) is 0. The second kappa shape index (κ2) is 6.19. The van der Waals surface area contributed by atoms with Gasteiger partial charge < -0.3 is 9.29 Å². The fourth-order valence-electron chi connectivity index (χ4n) is 1.77. The topological polar surface area (TPSA) is 75.7 Å². The monoisotopic (exact) mass is 235 g/mol. The fraction of sp³-hybridized carbons (Fsp3) is 0.889. The Kier molecular flexibility index (Phi) is 5.21. The van der Waals surface area contributed by atoms with Crippen LogP contribution in [0, 0.1) is 5.92 Å². The summed E-state index contributed by atoms with van der Waals surface area (Å²) >= 11 is -2.45. The summed E-state index contributed by atoms with van der Waals surface area (Å²) < 4.78 is 30.1. The molecule has 1 aliphatic carbocycles. The van der Waals surface area contributed by atoms with Crippen LogP contribution in [0.2, 0.25) is 0 Å². The molecule has 0 radical (unpaired) electrons. The minimum atomic E-state index is -2.45. The molecule has 0 heterocycles. The molecular weight excluding hydrogens is 220 g/mol. The molecule has 0 amide bonds. The Morgan fingerprint density at radius 3 is 2.47 bits per heavy atom. The van der Waals surface area contributed by atoms with Gasteiger partial charge in [-0.2, -0.15) is 0 Å². The Bertz CT molecular complexity index is 235. The number of hydrogen-bond donors (Lipinski definition) is 0. The molecule has 15 heavy (non-hydrogen) atoms. The average molecular weight is 235 g/mol. The van der Waals surface area contributed by atoms with Crippen LogP contribution in [0.25, 0.3) is 0 Å². The maximum Gasteiger partial charge on any atom is 0.308 e. The molecule has 1 aliphatic rings. The van der Waals surface area contributed by atoms with Crippen LogP contribution in [-0.4, -0.2) is 27.4 Å². The van der Waals surface area contributed by atoms with Crippen LogP contribution in [-0.2, 0) is 25.1 Å². The molecule has 88 valence electrons. The molecule has 1 atom stereocenters. The maximum absolute atomic E-state index is 11.3. The van der Waals surface area contributed by atoms with E-state index in [0.29, 0.717) is 32.3 Å². The van der Waals surface area contributed by atoms with Gasteiger partial charge in [-0.1, -0.05) is 0 Å². The summed E-state index contributed by atoms with van der Waals surface area (Å²) in [5.74, 6) is -0.274. The quantitative estimate of drug-likeness (QED) is 0.535. The molecule has 6 heteroatoms. The van der Waals surface area contributed by atoms with Crippen molar-refractivity contribution in [3.8, 4) is 0 Å². The van der Waals surface area contributed by atoms with Crippen LogP contribution < -0.4 is 0 Å². The van der Waals surface area contributed by atoms with Crippen LogP contribution in [0.1, 0.15) is 32.6 Å². The Hall–Kier alpha value is -0.460. The SMILES string of the molecule is CCOC(=O)C1CCC(OS(=O)[O-])CC1. The predicted molar refractivity (Wildman–Crippen MR) is 52.4 cm³/mol. The highest BCUT2D eigenvalue weighted by atomic mass is 32.2. The van der Waals surface area contributed by atoms with Gasteiger partial charge >= 0.3 is 5.97 Å². The van der Waals surface area contributed by atoms with Gasteiger partial charge in [0.1, 0.15) is 0 Å². The molecule has 0 spiro atoms. The van der Waals surface area contributed by atoms with Crippen LogP contribution in [0.5, 0.6) is 0 Å². The van der Waals surface area contributed by atoms with E-state index in [9.17, 15) is 13.6 Å². The molecular formula is C9H15O5S-. The smallest absolute Gasteiger partial charge is 0.308 e. The molecule has 0 aromatic rings. The Balaban J connectivity index is 2.29. The minimum absolute atomic E-state index is 0.0927. The van der Waals surface area contributed by atoms with E-state index in [2.05, 4.69) is 4.18 Å². The number of ether oxygens (including phenoxy) is 1. The van der Waals surface area contributed by atoms with E-state index in [-0.39, 0.29) is 18.0 Å². The Morgan fingerprint density at radius 2 is 2.00 bits per heavy atom. The van der Waals surface area contributed by atoms with Crippen LogP contribution in [0.3, 0.4) is 0 Å². The van der Waals surface area contributed by atoms with E-state index in [1.165, 1.54) is 0 Å². The Morgan fingerprint density at radius 1 is 1.40 bits per heavy atom. The molecule has 0 aromatic carbocycles. The summed E-state index contributed by atoms with van der Waals surface area (Å²) in [5, 5.41) is 0. The van der Waals surface area contributed by atoms with Gasteiger partial charge in [0, 0.05) is 0 Å². The lowest BCUT2D eigenvalue weighted by molar-refractivity contribution is -0.149. The first-order valence-corrected chi connectivity index (χ1v) is 6.06. The first-order valence-electron chi connectivity index (χ1n) is 5.06. The fourth-order valence-corrected chi connectivity index (χ4v) is 2.18. The molecule has 1 saturated carbocycles. The standard InChI is InChI=1S/C9H16O5S/c1-2-13-9(10)7-3-5-8(6-4-7)14-15(11)12/h7-8H,2-6H2,1H3,(H,11,12)/p-1. The third-order valence-electron chi connectivity index (χ3n) is 2.51.